The number of hydrogen-bond acceptors (Lipinski definition) is 2. The first-order valence-electron chi connectivity index (χ1n) is 7.84. The molecule has 0 atom stereocenters. The minimum absolute atomic E-state index is 0.0233. The van der Waals surface area contributed by atoms with Crippen LogP contribution in [0.2, 0.25) is 0 Å². The van der Waals surface area contributed by atoms with E-state index >= 15 is 0 Å². The normalized spacial score (nSPS) is 15.3. The van der Waals surface area contributed by atoms with Gasteiger partial charge in [0.25, 0.3) is 0 Å². The summed E-state index contributed by atoms with van der Waals surface area (Å²) in [6, 6.07) is 9.64. The lowest BCUT2D eigenvalue weighted by atomic mass is 10.1. The maximum Gasteiger partial charge on any atom is 0.224 e. The Hall–Kier alpha value is -1.84. The first kappa shape index (κ1) is 15.5. The van der Waals surface area contributed by atoms with Crippen molar-refractivity contribution >= 4 is 11.8 Å². The van der Waals surface area contributed by atoms with Crippen molar-refractivity contribution in [1.29, 1.82) is 0 Å². The van der Waals surface area contributed by atoms with E-state index in [1.165, 1.54) is 12.8 Å². The van der Waals surface area contributed by atoms with Crippen LogP contribution in [0.25, 0.3) is 0 Å². The Bertz CT molecular complexity index is 451. The van der Waals surface area contributed by atoms with Gasteiger partial charge < -0.3 is 10.2 Å². The van der Waals surface area contributed by atoms with Crippen molar-refractivity contribution in [1.82, 2.24) is 10.2 Å². The quantitative estimate of drug-likeness (QED) is 0.902. The molecule has 0 aliphatic carbocycles. The van der Waals surface area contributed by atoms with Gasteiger partial charge in [-0.05, 0) is 18.4 Å². The second-order valence-corrected chi connectivity index (χ2v) is 5.56. The average molecular weight is 288 g/mol. The Labute approximate surface area is 126 Å². The molecule has 1 aromatic rings. The van der Waals surface area contributed by atoms with Gasteiger partial charge in [-0.25, -0.2) is 0 Å². The maximum absolute atomic E-state index is 12.1. The summed E-state index contributed by atoms with van der Waals surface area (Å²) in [5.74, 6) is 0.141. The van der Waals surface area contributed by atoms with Gasteiger partial charge in [-0.15, -0.1) is 0 Å². The first-order valence-corrected chi connectivity index (χ1v) is 7.84. The molecular formula is C17H24N2O2. The van der Waals surface area contributed by atoms with Crippen LogP contribution >= 0.6 is 0 Å². The van der Waals surface area contributed by atoms with E-state index in [9.17, 15) is 9.59 Å². The summed E-state index contributed by atoms with van der Waals surface area (Å²) in [6.07, 6.45) is 5.42. The van der Waals surface area contributed by atoms with E-state index in [0.717, 1.165) is 31.5 Å². The Kier molecular flexibility index (Phi) is 6.25. The molecule has 114 valence electrons. The molecule has 0 radical (unpaired) electrons. The van der Waals surface area contributed by atoms with Gasteiger partial charge in [0.1, 0.15) is 0 Å². The number of amides is 2. The van der Waals surface area contributed by atoms with Gasteiger partial charge in [0.05, 0.1) is 6.42 Å². The van der Waals surface area contributed by atoms with Crippen LogP contribution in [0.5, 0.6) is 0 Å². The molecule has 4 nitrogen and oxygen atoms in total. The van der Waals surface area contributed by atoms with E-state index < -0.39 is 0 Å². The van der Waals surface area contributed by atoms with Crippen molar-refractivity contribution in [2.45, 2.75) is 38.5 Å². The van der Waals surface area contributed by atoms with E-state index in [1.807, 2.05) is 35.2 Å². The van der Waals surface area contributed by atoms with Crippen LogP contribution in [-0.4, -0.2) is 36.3 Å². The van der Waals surface area contributed by atoms with Crippen LogP contribution in [0.3, 0.4) is 0 Å². The van der Waals surface area contributed by atoms with E-state index in [-0.39, 0.29) is 11.8 Å². The number of nitrogens with one attached hydrogen (secondary N) is 1. The minimum Gasteiger partial charge on any atom is -0.355 e. The molecule has 2 amide bonds. The number of carbonyl (C=O) groups excluding carboxylic acids is 2. The van der Waals surface area contributed by atoms with Crippen molar-refractivity contribution in [3.63, 3.8) is 0 Å². The van der Waals surface area contributed by atoms with Crippen LogP contribution in [0.15, 0.2) is 30.3 Å². The van der Waals surface area contributed by atoms with Gasteiger partial charge in [-0.1, -0.05) is 43.2 Å². The van der Waals surface area contributed by atoms with Crippen LogP contribution < -0.4 is 5.32 Å². The van der Waals surface area contributed by atoms with Crippen molar-refractivity contribution in [2.75, 3.05) is 19.6 Å². The highest BCUT2D eigenvalue weighted by Crippen LogP contribution is 2.10. The molecular weight excluding hydrogens is 264 g/mol. The predicted molar refractivity (Wildman–Crippen MR) is 82.8 cm³/mol. The SMILES string of the molecule is O=C(Cc1ccccc1)NCCC(=O)N1CCCCCC1. The molecule has 1 fully saturated rings. The first-order chi connectivity index (χ1) is 10.3. The van der Waals surface area contributed by atoms with Gasteiger partial charge in [0.15, 0.2) is 0 Å². The maximum atomic E-state index is 12.1. The smallest absolute Gasteiger partial charge is 0.224 e. The highest BCUT2D eigenvalue weighted by molar-refractivity contribution is 5.80. The molecule has 4 heteroatoms. The fourth-order valence-electron chi connectivity index (χ4n) is 2.63. The molecule has 1 saturated heterocycles. The third-order valence-electron chi connectivity index (χ3n) is 3.83. The van der Waals surface area contributed by atoms with Gasteiger partial charge in [0, 0.05) is 26.1 Å². The number of nitrogens with zero attached hydrogens (tertiary/aromatic N) is 1. The number of carbonyl (C=O) groups is 2. The van der Waals surface area contributed by atoms with E-state index in [0.29, 0.717) is 19.4 Å². The fourth-order valence-corrected chi connectivity index (χ4v) is 2.63. The summed E-state index contributed by atoms with van der Waals surface area (Å²) in [5, 5.41) is 2.83. The van der Waals surface area contributed by atoms with E-state index in [4.69, 9.17) is 0 Å². The summed E-state index contributed by atoms with van der Waals surface area (Å²) < 4.78 is 0. The number of rotatable bonds is 5. The molecule has 1 aliphatic heterocycles. The van der Waals surface area contributed by atoms with Crippen molar-refractivity contribution in [2.24, 2.45) is 0 Å². The standard InChI is InChI=1S/C17H24N2O2/c20-16(14-15-8-4-3-5-9-15)18-11-10-17(21)19-12-6-1-2-7-13-19/h3-5,8-9H,1-2,6-7,10-14H2,(H,18,20). The number of likely N-dealkylation sites (tertiary alicyclic amines) is 1. The summed E-state index contributed by atoms with van der Waals surface area (Å²) in [6.45, 7) is 2.18. The molecule has 0 aromatic heterocycles. The van der Waals surface area contributed by atoms with E-state index in [2.05, 4.69) is 5.32 Å². The summed E-state index contributed by atoms with van der Waals surface area (Å²) in [7, 11) is 0. The third-order valence-corrected chi connectivity index (χ3v) is 3.83. The molecule has 0 unspecified atom stereocenters. The second kappa shape index (κ2) is 8.45. The highest BCUT2D eigenvalue weighted by atomic mass is 16.2. The highest BCUT2D eigenvalue weighted by Gasteiger charge is 2.15. The van der Waals surface area contributed by atoms with Crippen LogP contribution in [-0.2, 0) is 16.0 Å². The molecule has 1 N–H and O–H groups in total. The lowest BCUT2D eigenvalue weighted by Gasteiger charge is -2.20. The zero-order valence-electron chi connectivity index (χ0n) is 12.5. The zero-order chi connectivity index (χ0) is 14.9. The Morgan fingerprint density at radius 1 is 1.00 bits per heavy atom. The van der Waals surface area contributed by atoms with Gasteiger partial charge in [-0.2, -0.15) is 0 Å². The van der Waals surface area contributed by atoms with Crippen LogP contribution in [0.1, 0.15) is 37.7 Å². The summed E-state index contributed by atoms with van der Waals surface area (Å²) in [4.78, 5) is 25.8. The van der Waals surface area contributed by atoms with Crippen molar-refractivity contribution in [3.05, 3.63) is 35.9 Å². The molecule has 0 spiro atoms. The fraction of sp³-hybridized carbons (Fsp3) is 0.529. The Morgan fingerprint density at radius 3 is 2.33 bits per heavy atom. The number of hydrogen-bond donors (Lipinski definition) is 1. The molecule has 1 heterocycles. The van der Waals surface area contributed by atoms with Crippen LogP contribution in [0.4, 0.5) is 0 Å². The zero-order valence-corrected chi connectivity index (χ0v) is 12.5. The van der Waals surface area contributed by atoms with Gasteiger partial charge >= 0.3 is 0 Å². The molecule has 21 heavy (non-hydrogen) atoms. The summed E-state index contributed by atoms with van der Waals surface area (Å²) >= 11 is 0. The predicted octanol–water partition coefficient (Wildman–Crippen LogP) is 2.14. The summed E-state index contributed by atoms with van der Waals surface area (Å²) in [5.41, 5.74) is 0.994. The average Bonchev–Trinajstić information content (AvgIpc) is 2.77. The minimum atomic E-state index is -0.0233. The lowest BCUT2D eigenvalue weighted by molar-refractivity contribution is -0.131. The topological polar surface area (TPSA) is 49.4 Å². The second-order valence-electron chi connectivity index (χ2n) is 5.56. The molecule has 1 aromatic carbocycles. The molecule has 2 rings (SSSR count). The largest absolute Gasteiger partial charge is 0.355 e. The molecule has 0 bridgehead atoms. The Balaban J connectivity index is 1.66. The third kappa shape index (κ3) is 5.58. The Morgan fingerprint density at radius 2 is 1.67 bits per heavy atom. The monoisotopic (exact) mass is 288 g/mol. The van der Waals surface area contributed by atoms with Gasteiger partial charge in [-0.3, -0.25) is 9.59 Å². The van der Waals surface area contributed by atoms with Gasteiger partial charge in [0.2, 0.25) is 11.8 Å². The van der Waals surface area contributed by atoms with Crippen LogP contribution in [0, 0.1) is 0 Å². The van der Waals surface area contributed by atoms with Crippen molar-refractivity contribution in [3.8, 4) is 0 Å². The molecule has 0 saturated carbocycles. The molecule has 1 aliphatic rings. The van der Waals surface area contributed by atoms with Crippen molar-refractivity contribution < 1.29 is 9.59 Å². The number of benzene rings is 1. The lowest BCUT2D eigenvalue weighted by Crippen LogP contribution is -2.35. The van der Waals surface area contributed by atoms with E-state index in [1.54, 1.807) is 0 Å².